The van der Waals surface area contributed by atoms with Crippen molar-refractivity contribution in [2.24, 2.45) is 0 Å². The lowest BCUT2D eigenvalue weighted by atomic mass is 9.33. The third-order valence-corrected chi connectivity index (χ3v) is 20.8. The van der Waals surface area contributed by atoms with Crippen molar-refractivity contribution in [1.82, 2.24) is 4.57 Å². The Hall–Kier alpha value is -10.7. The Morgan fingerprint density at radius 2 is 0.561 bits per heavy atom. The monoisotopic (exact) mass is 1270 g/mol. The average molecular weight is 1270 g/mol. The van der Waals surface area contributed by atoms with Crippen LogP contribution in [0, 0.1) is 0 Å². The van der Waals surface area contributed by atoms with Crippen molar-refractivity contribution < 1.29 is 0 Å². The molecule has 98 heavy (non-hydrogen) atoms. The first kappa shape index (κ1) is 62.2. The van der Waals surface area contributed by atoms with E-state index in [2.05, 4.69) is 389 Å². The van der Waals surface area contributed by atoms with Crippen LogP contribution < -0.4 is 26.2 Å². The van der Waals surface area contributed by atoms with E-state index in [1.165, 1.54) is 127 Å². The standard InChI is InChI=1S/C94H84BN3/c1-91(2,3)69-39-45-73(46-40-69)96-84-51-37-67(78-35-21-19-33-76(78)65-31-23-29-63(53-65)61-25-15-13-16-26-61)55-82(84)95-83-56-68(79-36-22-20-34-77(79)66-32-24-30-64(54-66)62-27-17-14-18-28-62)38-52-85(83)97(74-47-41-70(42-48-74)92(4,5)6)89-60-75(59-88(96)90(89)95)98-86-57-71(93(7,8)9)43-49-80(86)81-50-44-72(58-87(81)98)94(10,11)12/h13-60H,1-12H3. The predicted octanol–water partition coefficient (Wildman–Crippen LogP) is 24.1. The summed E-state index contributed by atoms with van der Waals surface area (Å²) in [5.74, 6) is 0. The van der Waals surface area contributed by atoms with Crippen molar-refractivity contribution in [3.63, 3.8) is 0 Å². The Balaban J connectivity index is 1.01. The highest BCUT2D eigenvalue weighted by molar-refractivity contribution is 7.00. The van der Waals surface area contributed by atoms with Crippen LogP contribution in [0.5, 0.6) is 0 Å². The summed E-state index contributed by atoms with van der Waals surface area (Å²) >= 11 is 0. The summed E-state index contributed by atoms with van der Waals surface area (Å²) in [5, 5.41) is 2.49. The van der Waals surface area contributed by atoms with E-state index >= 15 is 0 Å². The molecule has 4 heteroatoms. The smallest absolute Gasteiger partial charge is 0.252 e. The van der Waals surface area contributed by atoms with Crippen LogP contribution >= 0.6 is 0 Å². The summed E-state index contributed by atoms with van der Waals surface area (Å²) in [4.78, 5) is 5.22. The van der Waals surface area contributed by atoms with Crippen molar-refractivity contribution in [2.75, 3.05) is 9.80 Å². The van der Waals surface area contributed by atoms with Gasteiger partial charge in [0, 0.05) is 44.9 Å². The third-order valence-electron chi connectivity index (χ3n) is 20.8. The zero-order valence-electron chi connectivity index (χ0n) is 58.6. The number of aromatic nitrogens is 1. The number of hydrogen-bond acceptors (Lipinski definition) is 2. The molecule has 16 rings (SSSR count). The predicted molar refractivity (Wildman–Crippen MR) is 422 cm³/mol. The number of fused-ring (bicyclic) bond motifs is 7. The van der Waals surface area contributed by atoms with Gasteiger partial charge in [0.25, 0.3) is 6.71 Å². The molecule has 0 radical (unpaired) electrons. The number of benzene rings is 13. The van der Waals surface area contributed by atoms with Gasteiger partial charge in [-0.05, 0) is 200 Å². The Bertz CT molecular complexity index is 5080. The first-order chi connectivity index (χ1) is 47.1. The second-order valence-corrected chi connectivity index (χ2v) is 31.4. The minimum atomic E-state index is -0.213. The molecule has 0 saturated heterocycles. The van der Waals surface area contributed by atoms with Gasteiger partial charge in [-0.25, -0.2) is 0 Å². The molecule has 0 N–H and O–H groups in total. The highest BCUT2D eigenvalue weighted by atomic mass is 15.2. The molecule has 3 nitrogen and oxygen atoms in total. The number of anilines is 6. The molecule has 478 valence electrons. The summed E-state index contributed by atoms with van der Waals surface area (Å²) in [5.41, 5.74) is 33.3. The molecule has 0 atom stereocenters. The lowest BCUT2D eigenvalue weighted by Crippen LogP contribution is -2.61. The third kappa shape index (κ3) is 11.0. The van der Waals surface area contributed by atoms with Gasteiger partial charge >= 0.3 is 0 Å². The zero-order chi connectivity index (χ0) is 67.6. The van der Waals surface area contributed by atoms with E-state index in [1.54, 1.807) is 0 Å². The molecule has 0 amide bonds. The minimum absolute atomic E-state index is 0.0481. The molecule has 0 saturated carbocycles. The largest absolute Gasteiger partial charge is 0.311 e. The van der Waals surface area contributed by atoms with Gasteiger partial charge < -0.3 is 14.4 Å². The summed E-state index contributed by atoms with van der Waals surface area (Å²) in [6.07, 6.45) is 0. The Labute approximate surface area is 580 Å². The highest BCUT2D eigenvalue weighted by Crippen LogP contribution is 2.50. The SMILES string of the molecule is CC(C)(C)c1ccc(N2c3ccc(-c4ccccc4-c4cccc(-c5ccccc5)c4)cc3B3c4cc(-c5ccccc5-c5cccc(-c6ccccc6)c5)ccc4N(c4ccc(C(C)(C)C)cc4)c4cc(-n5c6cc(C(C)(C)C)ccc6c6ccc(C(C)(C)C)cc65)cc2c43)cc1. The maximum absolute atomic E-state index is 2.61. The molecule has 0 aliphatic carbocycles. The van der Waals surface area contributed by atoms with E-state index < -0.39 is 0 Å². The van der Waals surface area contributed by atoms with Crippen LogP contribution in [-0.4, -0.2) is 11.3 Å². The molecular weight excluding hydrogens is 1180 g/mol. The molecule has 0 bridgehead atoms. The Kier molecular flexibility index (Phi) is 14.9. The van der Waals surface area contributed by atoms with E-state index in [0.717, 1.165) is 39.8 Å². The minimum Gasteiger partial charge on any atom is -0.311 e. The van der Waals surface area contributed by atoms with E-state index in [-0.39, 0.29) is 28.4 Å². The van der Waals surface area contributed by atoms with Gasteiger partial charge in [-0.2, -0.15) is 0 Å². The summed E-state index contributed by atoms with van der Waals surface area (Å²) in [7, 11) is 0. The molecule has 3 heterocycles. The molecule has 0 unspecified atom stereocenters. The quantitative estimate of drug-likeness (QED) is 0.133. The fourth-order valence-corrected chi connectivity index (χ4v) is 15.4. The first-order valence-electron chi connectivity index (χ1n) is 35.0. The summed E-state index contributed by atoms with van der Waals surface area (Å²) < 4.78 is 2.60. The van der Waals surface area contributed by atoms with Crippen LogP contribution in [0.3, 0.4) is 0 Å². The summed E-state index contributed by atoms with van der Waals surface area (Å²) in [6.45, 7) is 27.7. The average Bonchev–Trinajstić information content (AvgIpc) is 1.01. The molecule has 0 spiro atoms. The van der Waals surface area contributed by atoms with Gasteiger partial charge in [-0.15, -0.1) is 0 Å². The normalized spacial score (nSPS) is 13.0. The molecule has 14 aromatic rings. The van der Waals surface area contributed by atoms with Crippen LogP contribution in [0.25, 0.3) is 94.3 Å². The van der Waals surface area contributed by atoms with E-state index in [1.807, 2.05) is 0 Å². The van der Waals surface area contributed by atoms with E-state index in [0.29, 0.717) is 0 Å². The molecule has 2 aliphatic rings. The molecule has 2 aliphatic heterocycles. The molecular formula is C94H84BN3. The summed E-state index contributed by atoms with van der Waals surface area (Å²) in [6, 6.07) is 111. The topological polar surface area (TPSA) is 11.4 Å². The van der Waals surface area contributed by atoms with Crippen LogP contribution in [-0.2, 0) is 21.7 Å². The van der Waals surface area contributed by atoms with Gasteiger partial charge in [0.15, 0.2) is 0 Å². The molecule has 1 aromatic heterocycles. The second-order valence-electron chi connectivity index (χ2n) is 31.4. The van der Waals surface area contributed by atoms with E-state index in [9.17, 15) is 0 Å². The highest BCUT2D eigenvalue weighted by Gasteiger charge is 2.45. The number of hydrogen-bond donors (Lipinski definition) is 0. The van der Waals surface area contributed by atoms with Gasteiger partial charge in [0.05, 0.1) is 16.7 Å². The number of nitrogens with zero attached hydrogens (tertiary/aromatic N) is 3. The zero-order valence-corrected chi connectivity index (χ0v) is 58.6. The van der Waals surface area contributed by atoms with Crippen LogP contribution in [0.2, 0.25) is 0 Å². The van der Waals surface area contributed by atoms with Crippen LogP contribution in [0.1, 0.15) is 105 Å². The lowest BCUT2D eigenvalue weighted by Gasteiger charge is -2.45. The van der Waals surface area contributed by atoms with Crippen molar-refractivity contribution in [2.45, 2.75) is 105 Å². The van der Waals surface area contributed by atoms with Crippen molar-refractivity contribution in [3.8, 4) is 72.4 Å². The molecule has 13 aromatic carbocycles. The maximum atomic E-state index is 2.61. The van der Waals surface area contributed by atoms with Gasteiger partial charge in [-0.1, -0.05) is 301 Å². The van der Waals surface area contributed by atoms with Gasteiger partial charge in [0.1, 0.15) is 0 Å². The van der Waals surface area contributed by atoms with Crippen molar-refractivity contribution >= 4 is 79.0 Å². The number of rotatable bonds is 9. The fraction of sp³-hybridized carbons (Fsp3) is 0.170. The van der Waals surface area contributed by atoms with Crippen molar-refractivity contribution in [1.29, 1.82) is 0 Å². The van der Waals surface area contributed by atoms with E-state index in [4.69, 9.17) is 0 Å². The molecule has 0 fully saturated rings. The lowest BCUT2D eigenvalue weighted by molar-refractivity contribution is 0.590. The van der Waals surface area contributed by atoms with Crippen LogP contribution in [0.4, 0.5) is 34.1 Å². The van der Waals surface area contributed by atoms with Crippen molar-refractivity contribution in [3.05, 3.63) is 313 Å². The first-order valence-corrected chi connectivity index (χ1v) is 35.0. The van der Waals surface area contributed by atoms with Gasteiger partial charge in [-0.3, -0.25) is 0 Å². The Morgan fingerprint density at radius 1 is 0.235 bits per heavy atom. The second kappa shape index (κ2) is 23.6. The maximum Gasteiger partial charge on any atom is 0.252 e. The van der Waals surface area contributed by atoms with Gasteiger partial charge in [0.2, 0.25) is 0 Å². The fourth-order valence-electron chi connectivity index (χ4n) is 15.4. The Morgan fingerprint density at radius 3 is 0.929 bits per heavy atom. The van der Waals surface area contributed by atoms with Crippen LogP contribution in [0.15, 0.2) is 291 Å².